The van der Waals surface area contributed by atoms with Crippen LogP contribution in [0.4, 0.5) is 10.1 Å². The van der Waals surface area contributed by atoms with Crippen LogP contribution in [0, 0.1) is 24.1 Å². The number of halogens is 1. The third-order valence-corrected chi connectivity index (χ3v) is 6.37. The molecule has 0 radical (unpaired) electrons. The van der Waals surface area contributed by atoms with Gasteiger partial charge in [-0.3, -0.25) is 4.98 Å². The molecule has 2 atom stereocenters. The second kappa shape index (κ2) is 9.72. The van der Waals surface area contributed by atoms with Crippen LogP contribution in [0.5, 0.6) is 0 Å². The molecule has 34 heavy (non-hydrogen) atoms. The number of hydrogen-bond acceptors (Lipinski definition) is 6. The van der Waals surface area contributed by atoms with Crippen molar-refractivity contribution >= 4 is 17.8 Å². The minimum absolute atomic E-state index is 0.105. The highest BCUT2D eigenvalue weighted by Crippen LogP contribution is 2.37. The number of aromatic nitrogens is 2. The normalized spacial score (nSPS) is 20.2. The first-order valence-electron chi connectivity index (χ1n) is 11.5. The molecular formula is C27H26FN5O. The topological polar surface area (TPSA) is 74.1 Å². The number of hydrogen-bond donors (Lipinski definition) is 1. The van der Waals surface area contributed by atoms with Crippen molar-refractivity contribution in [1.29, 1.82) is 5.26 Å². The number of pyridine rings is 2. The van der Waals surface area contributed by atoms with Gasteiger partial charge in [-0.05, 0) is 54.3 Å². The number of nitriles is 1. The Labute approximate surface area is 198 Å². The standard InChI is InChI=1S/C27H26FN5O/c1-18-10-21(13-22(28)11-18)24-16-30-15-20(3-2-19-4-6-31-23(12-19)14-29)27(24)33-8-5-25-26(17-33)34-9-7-32-25/h2-4,6,10-13,15-16,25-26,32H,5,7-9,17H2,1H3/b3-2+. The summed E-state index contributed by atoms with van der Waals surface area (Å²) in [5.74, 6) is -0.263. The lowest BCUT2D eigenvalue weighted by molar-refractivity contribution is -0.00901. The molecule has 2 aliphatic heterocycles. The van der Waals surface area contributed by atoms with Crippen molar-refractivity contribution in [1.82, 2.24) is 15.3 Å². The predicted octanol–water partition coefficient (Wildman–Crippen LogP) is 4.20. The second-order valence-electron chi connectivity index (χ2n) is 8.77. The second-order valence-corrected chi connectivity index (χ2v) is 8.77. The van der Waals surface area contributed by atoms with Gasteiger partial charge in [0.2, 0.25) is 0 Å². The Morgan fingerprint density at radius 1 is 1.24 bits per heavy atom. The summed E-state index contributed by atoms with van der Waals surface area (Å²) in [4.78, 5) is 10.9. The quantitative estimate of drug-likeness (QED) is 0.636. The van der Waals surface area contributed by atoms with E-state index in [0.717, 1.165) is 59.6 Å². The number of fused-ring (bicyclic) bond motifs is 1. The van der Waals surface area contributed by atoms with E-state index < -0.39 is 0 Å². The van der Waals surface area contributed by atoms with Gasteiger partial charge in [-0.2, -0.15) is 5.26 Å². The maximum absolute atomic E-state index is 14.3. The molecule has 2 fully saturated rings. The highest BCUT2D eigenvalue weighted by Gasteiger charge is 2.33. The van der Waals surface area contributed by atoms with Gasteiger partial charge >= 0.3 is 0 Å². The predicted molar refractivity (Wildman–Crippen MR) is 131 cm³/mol. The SMILES string of the molecule is Cc1cc(F)cc(-c2cncc(/C=C/c3ccnc(C#N)c3)c2N2CCC3NCCOC3C2)c1. The third kappa shape index (κ3) is 4.69. The molecule has 3 aromatic rings. The number of aryl methyl sites for hydroxylation is 1. The van der Waals surface area contributed by atoms with Crippen molar-refractivity contribution in [3.8, 4) is 17.2 Å². The summed E-state index contributed by atoms with van der Waals surface area (Å²) in [6.45, 7) is 5.09. The number of piperidine rings is 1. The van der Waals surface area contributed by atoms with Gasteiger partial charge < -0.3 is 15.0 Å². The summed E-state index contributed by atoms with van der Waals surface area (Å²) in [6, 6.07) is 11.1. The Hall–Kier alpha value is -3.60. The molecule has 0 aliphatic carbocycles. The van der Waals surface area contributed by atoms with E-state index in [4.69, 9.17) is 10.00 Å². The Balaban J connectivity index is 1.58. The lowest BCUT2D eigenvalue weighted by Crippen LogP contribution is -2.58. The number of morpholine rings is 1. The van der Waals surface area contributed by atoms with E-state index in [9.17, 15) is 4.39 Å². The van der Waals surface area contributed by atoms with Crippen LogP contribution in [0.15, 0.2) is 48.9 Å². The minimum atomic E-state index is -0.263. The van der Waals surface area contributed by atoms with E-state index in [2.05, 4.69) is 26.3 Å². The first-order chi connectivity index (χ1) is 16.6. The molecule has 2 aliphatic rings. The number of nitrogens with zero attached hydrogens (tertiary/aromatic N) is 4. The summed E-state index contributed by atoms with van der Waals surface area (Å²) in [5, 5.41) is 12.7. The number of rotatable bonds is 4. The number of anilines is 1. The highest BCUT2D eigenvalue weighted by atomic mass is 19.1. The van der Waals surface area contributed by atoms with Crippen LogP contribution < -0.4 is 10.2 Å². The van der Waals surface area contributed by atoms with Gasteiger partial charge in [-0.15, -0.1) is 0 Å². The van der Waals surface area contributed by atoms with Crippen LogP contribution in [-0.2, 0) is 4.74 Å². The van der Waals surface area contributed by atoms with Crippen molar-refractivity contribution in [2.24, 2.45) is 0 Å². The lowest BCUT2D eigenvalue weighted by atomic mass is 9.95. The van der Waals surface area contributed by atoms with Gasteiger partial charge in [0, 0.05) is 55.4 Å². The average molecular weight is 456 g/mol. The zero-order valence-electron chi connectivity index (χ0n) is 19.0. The van der Waals surface area contributed by atoms with Crippen molar-refractivity contribution in [3.63, 3.8) is 0 Å². The molecule has 2 saturated heterocycles. The van der Waals surface area contributed by atoms with Gasteiger partial charge in [-0.1, -0.05) is 18.2 Å². The lowest BCUT2D eigenvalue weighted by Gasteiger charge is -2.43. The van der Waals surface area contributed by atoms with Gasteiger partial charge in [0.25, 0.3) is 0 Å². The van der Waals surface area contributed by atoms with Crippen LogP contribution >= 0.6 is 0 Å². The molecule has 5 rings (SSSR count). The fourth-order valence-electron chi connectivity index (χ4n) is 4.82. The van der Waals surface area contributed by atoms with Crippen LogP contribution in [0.2, 0.25) is 0 Å². The molecule has 0 bridgehead atoms. The molecule has 2 aromatic heterocycles. The van der Waals surface area contributed by atoms with E-state index in [-0.39, 0.29) is 11.9 Å². The Bertz CT molecular complexity index is 1250. The van der Waals surface area contributed by atoms with Gasteiger partial charge in [0.1, 0.15) is 17.6 Å². The number of benzene rings is 1. The summed E-state index contributed by atoms with van der Waals surface area (Å²) in [5.41, 5.74) is 5.74. The maximum Gasteiger partial charge on any atom is 0.141 e. The maximum atomic E-state index is 14.3. The monoisotopic (exact) mass is 455 g/mol. The molecule has 172 valence electrons. The van der Waals surface area contributed by atoms with Crippen molar-refractivity contribution < 1.29 is 9.13 Å². The van der Waals surface area contributed by atoms with Gasteiger partial charge in [0.05, 0.1) is 18.4 Å². The van der Waals surface area contributed by atoms with Crippen molar-refractivity contribution in [3.05, 3.63) is 77.1 Å². The molecule has 1 N–H and O–H groups in total. The molecule has 7 heteroatoms. The molecule has 6 nitrogen and oxygen atoms in total. The van der Waals surface area contributed by atoms with E-state index in [1.165, 1.54) is 6.07 Å². The molecule has 0 amide bonds. The van der Waals surface area contributed by atoms with Crippen molar-refractivity contribution in [2.45, 2.75) is 25.5 Å². The molecule has 4 heterocycles. The zero-order valence-corrected chi connectivity index (χ0v) is 19.0. The molecule has 2 unspecified atom stereocenters. The fourth-order valence-corrected chi connectivity index (χ4v) is 4.82. The van der Waals surface area contributed by atoms with E-state index in [1.54, 1.807) is 18.3 Å². The largest absolute Gasteiger partial charge is 0.373 e. The number of nitrogens with one attached hydrogen (secondary N) is 1. The van der Waals surface area contributed by atoms with Crippen LogP contribution in [0.25, 0.3) is 23.3 Å². The van der Waals surface area contributed by atoms with E-state index in [1.807, 2.05) is 43.6 Å². The third-order valence-electron chi connectivity index (χ3n) is 6.37. The van der Waals surface area contributed by atoms with Crippen LogP contribution in [0.3, 0.4) is 0 Å². The van der Waals surface area contributed by atoms with E-state index >= 15 is 0 Å². The molecule has 1 aromatic carbocycles. The van der Waals surface area contributed by atoms with Gasteiger partial charge in [0.15, 0.2) is 0 Å². The van der Waals surface area contributed by atoms with Crippen LogP contribution in [-0.4, -0.2) is 48.4 Å². The van der Waals surface area contributed by atoms with E-state index in [0.29, 0.717) is 18.3 Å². The summed E-state index contributed by atoms with van der Waals surface area (Å²) < 4.78 is 20.4. The molecule has 0 saturated carbocycles. The molecule has 0 spiro atoms. The zero-order chi connectivity index (χ0) is 23.5. The summed E-state index contributed by atoms with van der Waals surface area (Å²) >= 11 is 0. The smallest absolute Gasteiger partial charge is 0.141 e. The first kappa shape index (κ1) is 22.2. The van der Waals surface area contributed by atoms with Gasteiger partial charge in [-0.25, -0.2) is 9.37 Å². The Kier molecular flexibility index (Phi) is 6.35. The number of ether oxygens (including phenoxy) is 1. The Morgan fingerprint density at radius 2 is 2.15 bits per heavy atom. The first-order valence-corrected chi connectivity index (χ1v) is 11.5. The minimum Gasteiger partial charge on any atom is -0.373 e. The van der Waals surface area contributed by atoms with Crippen molar-refractivity contribution in [2.75, 3.05) is 31.1 Å². The Morgan fingerprint density at radius 3 is 3.00 bits per heavy atom. The van der Waals surface area contributed by atoms with Crippen LogP contribution in [0.1, 0.15) is 28.8 Å². The highest BCUT2D eigenvalue weighted by molar-refractivity contribution is 5.87. The fraction of sp³-hybridized carbons (Fsp3) is 0.296. The molecular weight excluding hydrogens is 429 g/mol. The average Bonchev–Trinajstić information content (AvgIpc) is 2.86. The summed E-state index contributed by atoms with van der Waals surface area (Å²) in [7, 11) is 0. The summed E-state index contributed by atoms with van der Waals surface area (Å²) in [6.07, 6.45) is 10.3.